The van der Waals surface area contributed by atoms with E-state index in [4.69, 9.17) is 4.74 Å². The molecule has 1 aromatic heterocycles. The van der Waals surface area contributed by atoms with Crippen LogP contribution in [-0.4, -0.2) is 23.6 Å². The topological polar surface area (TPSA) is 31.2 Å². The summed E-state index contributed by atoms with van der Waals surface area (Å²) in [7, 11) is 1.31. The van der Waals surface area contributed by atoms with Gasteiger partial charge in [-0.3, -0.25) is 0 Å². The maximum atomic E-state index is 13.7. The third kappa shape index (κ3) is 2.20. The number of hydrogen-bond acceptors (Lipinski definition) is 2. The number of nitrogens with zero attached hydrogens (tertiary/aromatic N) is 1. The van der Waals surface area contributed by atoms with E-state index in [0.717, 1.165) is 23.1 Å². The zero-order chi connectivity index (χ0) is 15.2. The zero-order valence-electron chi connectivity index (χ0n) is 12.1. The number of esters is 1. The van der Waals surface area contributed by atoms with Gasteiger partial charge in [0.2, 0.25) is 0 Å². The molecule has 1 aliphatic rings. The molecule has 3 nitrogen and oxygen atoms in total. The van der Waals surface area contributed by atoms with Gasteiger partial charge in [0.15, 0.2) is 0 Å². The van der Waals surface area contributed by atoms with Crippen molar-refractivity contribution in [3.05, 3.63) is 35.0 Å². The molecule has 5 heteroatoms. The van der Waals surface area contributed by atoms with E-state index in [2.05, 4.69) is 4.57 Å². The Morgan fingerprint density at radius 3 is 2.86 bits per heavy atom. The Morgan fingerprint density at radius 1 is 1.43 bits per heavy atom. The fraction of sp³-hybridized carbons (Fsp3) is 0.438. The molecule has 0 bridgehead atoms. The summed E-state index contributed by atoms with van der Waals surface area (Å²) in [6.45, 7) is 2.73. The molecule has 1 aromatic carbocycles. The van der Waals surface area contributed by atoms with Crippen molar-refractivity contribution < 1.29 is 18.3 Å². The van der Waals surface area contributed by atoms with E-state index in [1.165, 1.54) is 7.11 Å². The summed E-state index contributed by atoms with van der Waals surface area (Å²) < 4.78 is 34.3. The number of hydrogen-bond donors (Lipinski definition) is 0. The van der Waals surface area contributed by atoms with Gasteiger partial charge in [-0.25, -0.2) is 13.6 Å². The Bertz CT molecular complexity index is 719. The Kier molecular flexibility index (Phi) is 3.23. The van der Waals surface area contributed by atoms with Crippen molar-refractivity contribution in [3.63, 3.8) is 0 Å². The molecule has 0 aliphatic heterocycles. The van der Waals surface area contributed by atoms with Gasteiger partial charge in [-0.15, -0.1) is 0 Å². The van der Waals surface area contributed by atoms with E-state index in [9.17, 15) is 13.6 Å². The van der Waals surface area contributed by atoms with Crippen LogP contribution in [-0.2, 0) is 24.1 Å². The molecule has 0 saturated carbocycles. The van der Waals surface area contributed by atoms with E-state index >= 15 is 0 Å². The van der Waals surface area contributed by atoms with Crippen molar-refractivity contribution in [1.29, 1.82) is 0 Å². The number of carbonyl (C=O) groups is 1. The predicted molar refractivity (Wildman–Crippen MR) is 75.9 cm³/mol. The van der Waals surface area contributed by atoms with Crippen LogP contribution in [0.1, 0.15) is 35.0 Å². The van der Waals surface area contributed by atoms with Crippen LogP contribution in [0.4, 0.5) is 8.78 Å². The van der Waals surface area contributed by atoms with Crippen LogP contribution in [0.15, 0.2) is 18.2 Å². The summed E-state index contributed by atoms with van der Waals surface area (Å²) in [5.74, 6) is -3.11. The second-order valence-electron chi connectivity index (χ2n) is 5.43. The third-order valence-corrected chi connectivity index (χ3v) is 4.19. The normalized spacial score (nSPS) is 16.8. The summed E-state index contributed by atoms with van der Waals surface area (Å²) in [6, 6.07) is 5.18. The van der Waals surface area contributed by atoms with E-state index in [1.807, 2.05) is 13.0 Å². The molecule has 112 valence electrons. The molecular weight excluding hydrogens is 276 g/mol. The number of methoxy groups -OCH3 is 1. The van der Waals surface area contributed by atoms with Crippen molar-refractivity contribution in [2.45, 2.75) is 38.7 Å². The molecule has 3 rings (SSSR count). The summed E-state index contributed by atoms with van der Waals surface area (Å²) >= 11 is 0. The monoisotopic (exact) mass is 293 g/mol. The van der Waals surface area contributed by atoms with Crippen LogP contribution in [0.5, 0.6) is 0 Å². The first-order valence-electron chi connectivity index (χ1n) is 7.07. The van der Waals surface area contributed by atoms with Gasteiger partial charge in [-0.2, -0.15) is 0 Å². The lowest BCUT2D eigenvalue weighted by atomic mass is 9.92. The number of benzene rings is 1. The van der Waals surface area contributed by atoms with Crippen LogP contribution >= 0.6 is 0 Å². The largest absolute Gasteiger partial charge is 0.465 e. The highest BCUT2D eigenvalue weighted by atomic mass is 19.3. The lowest BCUT2D eigenvalue weighted by Crippen LogP contribution is -2.26. The van der Waals surface area contributed by atoms with Gasteiger partial charge in [-0.1, -0.05) is 0 Å². The van der Waals surface area contributed by atoms with Crippen LogP contribution in [0.3, 0.4) is 0 Å². The van der Waals surface area contributed by atoms with E-state index < -0.39 is 11.9 Å². The van der Waals surface area contributed by atoms with Crippen LogP contribution < -0.4 is 0 Å². The van der Waals surface area contributed by atoms with Crippen LogP contribution in [0.25, 0.3) is 10.9 Å². The number of halogens is 2. The Hall–Kier alpha value is -1.91. The molecule has 0 spiro atoms. The molecule has 0 fully saturated rings. The Morgan fingerprint density at radius 2 is 2.19 bits per heavy atom. The molecule has 21 heavy (non-hydrogen) atoms. The van der Waals surface area contributed by atoms with Gasteiger partial charge < -0.3 is 9.30 Å². The summed E-state index contributed by atoms with van der Waals surface area (Å²) in [5, 5.41) is 0.745. The van der Waals surface area contributed by atoms with Gasteiger partial charge in [0.05, 0.1) is 12.7 Å². The summed E-state index contributed by atoms with van der Waals surface area (Å²) in [4.78, 5) is 11.7. The lowest BCUT2D eigenvalue weighted by molar-refractivity contribution is -0.0125. The minimum absolute atomic E-state index is 0.111. The van der Waals surface area contributed by atoms with E-state index in [0.29, 0.717) is 17.5 Å². The minimum Gasteiger partial charge on any atom is -0.465 e. The Balaban J connectivity index is 2.24. The number of carbonyl (C=O) groups excluding carboxylic acids is 1. The second kappa shape index (κ2) is 4.83. The fourth-order valence-corrected chi connectivity index (χ4v) is 3.21. The first-order chi connectivity index (χ1) is 9.96. The molecule has 0 saturated heterocycles. The van der Waals surface area contributed by atoms with Crippen molar-refractivity contribution >= 4 is 16.9 Å². The third-order valence-electron chi connectivity index (χ3n) is 4.19. The molecule has 0 atom stereocenters. The molecule has 0 radical (unpaired) electrons. The number of ether oxygens (including phenoxy) is 1. The van der Waals surface area contributed by atoms with Crippen molar-refractivity contribution in [2.75, 3.05) is 7.11 Å². The minimum atomic E-state index is -2.67. The zero-order valence-corrected chi connectivity index (χ0v) is 12.1. The lowest BCUT2D eigenvalue weighted by Gasteiger charge is -2.23. The van der Waals surface area contributed by atoms with Gasteiger partial charge in [0, 0.05) is 36.0 Å². The highest BCUT2D eigenvalue weighted by Crippen LogP contribution is 2.39. The molecule has 2 aromatic rings. The van der Waals surface area contributed by atoms with Gasteiger partial charge in [-0.05, 0) is 37.1 Å². The van der Waals surface area contributed by atoms with Crippen molar-refractivity contribution in [1.82, 2.24) is 4.57 Å². The molecule has 1 heterocycles. The summed E-state index contributed by atoms with van der Waals surface area (Å²) in [6.07, 6.45) is 0.00898. The fourth-order valence-electron chi connectivity index (χ4n) is 3.21. The number of alkyl halides is 2. The summed E-state index contributed by atoms with van der Waals surface area (Å²) in [5.41, 5.74) is 2.96. The van der Waals surface area contributed by atoms with Gasteiger partial charge >= 0.3 is 5.97 Å². The molecule has 0 unspecified atom stereocenters. The average molecular weight is 293 g/mol. The standard InChI is InChI=1S/C16H17F2NO2/c1-3-19-13-5-4-10(15(20)21-2)8-11(13)12-9-16(17,18)7-6-14(12)19/h4-5,8H,3,6-7,9H2,1-2H3. The SMILES string of the molecule is CCn1c2c(c3cc(C(=O)OC)ccc31)CC(F)(F)CC2. The highest BCUT2D eigenvalue weighted by Gasteiger charge is 2.37. The highest BCUT2D eigenvalue weighted by molar-refractivity contribution is 5.96. The van der Waals surface area contributed by atoms with Gasteiger partial charge in [0.1, 0.15) is 0 Å². The predicted octanol–water partition coefficient (Wildman–Crippen LogP) is 3.57. The molecule has 1 aliphatic carbocycles. The average Bonchev–Trinajstić information content (AvgIpc) is 2.77. The quantitative estimate of drug-likeness (QED) is 0.793. The molecular formula is C16H17F2NO2. The smallest absolute Gasteiger partial charge is 0.337 e. The maximum absolute atomic E-state index is 13.7. The first kappa shape index (κ1) is 14.0. The maximum Gasteiger partial charge on any atom is 0.337 e. The number of fused-ring (bicyclic) bond motifs is 3. The van der Waals surface area contributed by atoms with Crippen molar-refractivity contribution in [3.8, 4) is 0 Å². The van der Waals surface area contributed by atoms with E-state index in [-0.39, 0.29) is 12.8 Å². The van der Waals surface area contributed by atoms with Crippen LogP contribution in [0, 0.1) is 0 Å². The van der Waals surface area contributed by atoms with Crippen molar-refractivity contribution in [2.24, 2.45) is 0 Å². The first-order valence-corrected chi connectivity index (χ1v) is 7.07. The Labute approximate surface area is 121 Å². The number of aromatic nitrogens is 1. The van der Waals surface area contributed by atoms with Crippen LogP contribution in [0.2, 0.25) is 0 Å². The van der Waals surface area contributed by atoms with Gasteiger partial charge in [0.25, 0.3) is 5.92 Å². The number of aryl methyl sites for hydroxylation is 1. The molecule has 0 amide bonds. The second-order valence-corrected chi connectivity index (χ2v) is 5.43. The molecule has 0 N–H and O–H groups in total. The number of rotatable bonds is 2. The van der Waals surface area contributed by atoms with E-state index in [1.54, 1.807) is 12.1 Å².